The molecule has 0 spiro atoms. The molecule has 2 aromatic heterocycles. The van der Waals surface area contributed by atoms with Gasteiger partial charge < -0.3 is 4.52 Å². The summed E-state index contributed by atoms with van der Waals surface area (Å²) >= 11 is 5.95. The summed E-state index contributed by atoms with van der Waals surface area (Å²) in [7, 11) is 0. The number of aromatic nitrogens is 2. The summed E-state index contributed by atoms with van der Waals surface area (Å²) in [6.45, 7) is 0. The van der Waals surface area contributed by atoms with Crippen molar-refractivity contribution in [3.05, 3.63) is 18.2 Å². The molecule has 0 unspecified atom stereocenters. The summed E-state index contributed by atoms with van der Waals surface area (Å²) in [4.78, 5) is 4.11. The molecule has 2 rings (SSSR count). The van der Waals surface area contributed by atoms with E-state index in [1.165, 1.54) is 2.88 Å². The van der Waals surface area contributed by atoms with Crippen molar-refractivity contribution in [3.8, 4) is 11.5 Å². The van der Waals surface area contributed by atoms with Crippen LogP contribution in [0.2, 0.25) is 0 Å². The molecular formula is C6H2I2N2OS. The first-order chi connectivity index (χ1) is 5.75. The molecule has 0 radical (unpaired) electrons. The lowest BCUT2D eigenvalue weighted by molar-refractivity contribution is 0.426. The molecule has 0 N–H and O–H groups in total. The summed E-state index contributed by atoms with van der Waals surface area (Å²) in [6, 6.07) is 2.02. The zero-order valence-electron chi connectivity index (χ0n) is 5.62. The van der Waals surface area contributed by atoms with Crippen LogP contribution in [0.4, 0.5) is 0 Å². The van der Waals surface area contributed by atoms with Gasteiger partial charge in [-0.3, -0.25) is 0 Å². The summed E-state index contributed by atoms with van der Waals surface area (Å²) < 4.78 is 6.86. The Kier molecular flexibility index (Phi) is 2.65. The number of hydrogen-bond acceptors (Lipinski definition) is 4. The minimum Gasteiger partial charge on any atom is -0.333 e. The average molecular weight is 404 g/mol. The monoisotopic (exact) mass is 404 g/mol. The van der Waals surface area contributed by atoms with Gasteiger partial charge in [-0.15, -0.1) is 11.3 Å². The van der Waals surface area contributed by atoms with Crippen molar-refractivity contribution in [1.29, 1.82) is 0 Å². The Morgan fingerprint density at radius 1 is 1.42 bits per heavy atom. The number of halogens is 2. The van der Waals surface area contributed by atoms with Crippen molar-refractivity contribution in [2.75, 3.05) is 0 Å². The summed E-state index contributed by atoms with van der Waals surface area (Å²) in [5, 5.41) is 5.71. The molecule has 0 aliphatic rings. The van der Waals surface area contributed by atoms with E-state index in [0.29, 0.717) is 9.72 Å². The molecule has 3 nitrogen and oxygen atoms in total. The molecule has 2 aromatic rings. The molecular weight excluding hydrogens is 402 g/mol. The van der Waals surface area contributed by atoms with Gasteiger partial charge in [0, 0.05) is 28.0 Å². The molecule has 0 aromatic carbocycles. The van der Waals surface area contributed by atoms with E-state index in [9.17, 15) is 0 Å². The van der Waals surface area contributed by atoms with E-state index in [1.807, 2.05) is 34.0 Å². The van der Waals surface area contributed by atoms with Crippen LogP contribution in [0.3, 0.4) is 0 Å². The number of nitrogens with zero attached hydrogens (tertiary/aromatic N) is 2. The highest BCUT2D eigenvalue weighted by atomic mass is 127. The van der Waals surface area contributed by atoms with Crippen molar-refractivity contribution in [3.63, 3.8) is 0 Å². The van der Waals surface area contributed by atoms with Crippen LogP contribution in [-0.2, 0) is 0 Å². The van der Waals surface area contributed by atoms with Gasteiger partial charge in [0.15, 0.2) is 0 Å². The van der Waals surface area contributed by atoms with Crippen molar-refractivity contribution >= 4 is 56.5 Å². The fraction of sp³-hybridized carbons (Fsp3) is 0. The molecule has 0 fully saturated rings. The summed E-state index contributed by atoms with van der Waals surface area (Å²) in [5.41, 5.74) is 1.000. The van der Waals surface area contributed by atoms with Crippen molar-refractivity contribution in [2.24, 2.45) is 0 Å². The van der Waals surface area contributed by atoms with Gasteiger partial charge in [-0.25, -0.2) is 0 Å². The minimum absolute atomic E-state index is 0.596. The third-order valence-electron chi connectivity index (χ3n) is 1.22. The van der Waals surface area contributed by atoms with Gasteiger partial charge in [0.25, 0.3) is 5.89 Å². The molecule has 0 aliphatic carbocycles. The molecule has 0 atom stereocenters. The average Bonchev–Trinajstić information content (AvgIpc) is 2.58. The molecule has 6 heteroatoms. The SMILES string of the molecule is Ic1noc(-c2csc(I)c2)n1. The molecule has 0 saturated heterocycles. The van der Waals surface area contributed by atoms with Crippen molar-refractivity contribution in [1.82, 2.24) is 10.1 Å². The number of thiophene rings is 1. The van der Waals surface area contributed by atoms with Crippen LogP contribution >= 0.6 is 56.5 Å². The standard InChI is InChI=1S/C6H2I2N2OS/c7-4-1-3(2-12-4)5-9-6(8)10-11-5/h1-2H. The Labute approximate surface area is 99.8 Å². The Morgan fingerprint density at radius 2 is 2.25 bits per heavy atom. The van der Waals surface area contributed by atoms with Crippen LogP contribution in [0.5, 0.6) is 0 Å². The van der Waals surface area contributed by atoms with Crippen LogP contribution in [0, 0.1) is 6.72 Å². The largest absolute Gasteiger partial charge is 0.333 e. The third kappa shape index (κ3) is 1.79. The Hall–Kier alpha value is 0.300. The van der Waals surface area contributed by atoms with Crippen LogP contribution in [0.1, 0.15) is 0 Å². The van der Waals surface area contributed by atoms with Gasteiger partial charge in [0.05, 0.1) is 8.45 Å². The maximum absolute atomic E-state index is 5.00. The van der Waals surface area contributed by atoms with E-state index in [1.54, 1.807) is 11.3 Å². The molecule has 0 aliphatic heterocycles. The van der Waals surface area contributed by atoms with E-state index in [0.717, 1.165) is 5.56 Å². The van der Waals surface area contributed by atoms with E-state index >= 15 is 0 Å². The van der Waals surface area contributed by atoms with Gasteiger partial charge in [-0.2, -0.15) is 4.98 Å². The summed E-state index contributed by atoms with van der Waals surface area (Å²) in [5.74, 6) is 0.596. The minimum atomic E-state index is 0.596. The van der Waals surface area contributed by atoms with Gasteiger partial charge in [-0.05, 0) is 28.7 Å². The number of rotatable bonds is 1. The highest BCUT2D eigenvalue weighted by Crippen LogP contribution is 2.25. The lowest BCUT2D eigenvalue weighted by Gasteiger charge is -1.81. The van der Waals surface area contributed by atoms with Crippen LogP contribution in [0.15, 0.2) is 16.0 Å². The Balaban J connectivity index is 2.43. The maximum Gasteiger partial charge on any atom is 0.259 e. The fourth-order valence-corrected chi connectivity index (χ4v) is 2.38. The van der Waals surface area contributed by atoms with Gasteiger partial charge in [0.2, 0.25) is 3.83 Å². The molecule has 62 valence electrons. The normalized spacial score (nSPS) is 10.5. The fourth-order valence-electron chi connectivity index (χ4n) is 0.745. The first-order valence-electron chi connectivity index (χ1n) is 2.99. The smallest absolute Gasteiger partial charge is 0.259 e. The van der Waals surface area contributed by atoms with Gasteiger partial charge in [-0.1, -0.05) is 5.16 Å². The number of hydrogen-bond donors (Lipinski definition) is 0. The zero-order chi connectivity index (χ0) is 8.55. The summed E-state index contributed by atoms with van der Waals surface area (Å²) in [6.07, 6.45) is 0. The molecule has 12 heavy (non-hydrogen) atoms. The maximum atomic E-state index is 5.00. The highest BCUT2D eigenvalue weighted by molar-refractivity contribution is 14.1. The quantitative estimate of drug-likeness (QED) is 0.687. The predicted octanol–water partition coefficient (Wildman–Crippen LogP) is 3.01. The van der Waals surface area contributed by atoms with Crippen LogP contribution in [0.25, 0.3) is 11.5 Å². The Morgan fingerprint density at radius 3 is 2.75 bits per heavy atom. The van der Waals surface area contributed by atoms with E-state index in [2.05, 4.69) is 32.7 Å². The van der Waals surface area contributed by atoms with Gasteiger partial charge in [0.1, 0.15) is 0 Å². The Bertz CT molecular complexity index is 359. The van der Waals surface area contributed by atoms with E-state index in [4.69, 9.17) is 4.52 Å². The van der Waals surface area contributed by atoms with Gasteiger partial charge >= 0.3 is 0 Å². The second kappa shape index (κ2) is 3.58. The first-order valence-corrected chi connectivity index (χ1v) is 6.03. The van der Waals surface area contributed by atoms with E-state index in [-0.39, 0.29) is 0 Å². The van der Waals surface area contributed by atoms with Crippen LogP contribution < -0.4 is 0 Å². The molecule has 2 heterocycles. The molecule has 0 amide bonds. The lowest BCUT2D eigenvalue weighted by atomic mass is 10.3. The lowest BCUT2D eigenvalue weighted by Crippen LogP contribution is -1.72. The molecule has 0 saturated carbocycles. The van der Waals surface area contributed by atoms with Crippen molar-refractivity contribution in [2.45, 2.75) is 0 Å². The zero-order valence-corrected chi connectivity index (χ0v) is 10.8. The molecule has 0 bridgehead atoms. The topological polar surface area (TPSA) is 38.9 Å². The van der Waals surface area contributed by atoms with E-state index < -0.39 is 0 Å². The second-order valence-electron chi connectivity index (χ2n) is 2.01. The highest BCUT2D eigenvalue weighted by Gasteiger charge is 2.07. The first kappa shape index (κ1) is 8.88. The third-order valence-corrected chi connectivity index (χ3v) is 3.44. The predicted molar refractivity (Wildman–Crippen MR) is 63.0 cm³/mol. The van der Waals surface area contributed by atoms with Crippen molar-refractivity contribution < 1.29 is 4.52 Å². The second-order valence-corrected chi connectivity index (χ2v) is 5.78. The van der Waals surface area contributed by atoms with Crippen LogP contribution in [-0.4, -0.2) is 10.1 Å².